The first-order valence-corrected chi connectivity index (χ1v) is 10.1. The zero-order chi connectivity index (χ0) is 21.1. The molecule has 152 valence electrons. The van der Waals surface area contributed by atoms with E-state index in [0.717, 1.165) is 29.0 Å². The number of aromatic nitrogens is 3. The third-order valence-electron chi connectivity index (χ3n) is 4.72. The summed E-state index contributed by atoms with van der Waals surface area (Å²) in [6.45, 7) is 2.60. The molecule has 0 atom stereocenters. The molecule has 0 aliphatic rings. The molecule has 30 heavy (non-hydrogen) atoms. The Morgan fingerprint density at radius 3 is 2.37 bits per heavy atom. The van der Waals surface area contributed by atoms with Gasteiger partial charge < -0.3 is 10.1 Å². The van der Waals surface area contributed by atoms with Crippen molar-refractivity contribution in [3.8, 4) is 28.3 Å². The van der Waals surface area contributed by atoms with Crippen LogP contribution in [0.1, 0.15) is 23.8 Å². The standard InChI is InChI=1S/C23H21ClN4O2/c1-3-12-25-23(29)21-13-19(15-6-10-18(30-2)11-7-15)26-22-14-20(27-28(21)22)16-4-8-17(24)9-5-16/h4-11,13-14H,3,12H2,1-2H3,(H,25,29). The molecular weight excluding hydrogens is 400 g/mol. The molecular formula is C23H21ClN4O2. The lowest BCUT2D eigenvalue weighted by molar-refractivity contribution is 0.0946. The molecule has 0 spiro atoms. The van der Waals surface area contributed by atoms with Crippen molar-refractivity contribution in [3.05, 3.63) is 71.4 Å². The number of nitrogens with zero attached hydrogens (tertiary/aromatic N) is 3. The lowest BCUT2D eigenvalue weighted by Gasteiger charge is -2.09. The minimum atomic E-state index is -0.190. The van der Waals surface area contributed by atoms with Gasteiger partial charge in [-0.05, 0) is 48.9 Å². The highest BCUT2D eigenvalue weighted by molar-refractivity contribution is 6.30. The van der Waals surface area contributed by atoms with Crippen LogP contribution in [0, 0.1) is 0 Å². The summed E-state index contributed by atoms with van der Waals surface area (Å²) in [5.74, 6) is 0.569. The molecule has 4 aromatic rings. The van der Waals surface area contributed by atoms with Gasteiger partial charge in [-0.15, -0.1) is 0 Å². The van der Waals surface area contributed by atoms with Crippen molar-refractivity contribution in [2.75, 3.05) is 13.7 Å². The van der Waals surface area contributed by atoms with Gasteiger partial charge in [-0.1, -0.05) is 30.7 Å². The predicted octanol–water partition coefficient (Wildman–Crippen LogP) is 4.87. The number of hydrogen-bond acceptors (Lipinski definition) is 4. The van der Waals surface area contributed by atoms with Crippen LogP contribution in [-0.2, 0) is 0 Å². The van der Waals surface area contributed by atoms with Crippen LogP contribution in [0.25, 0.3) is 28.2 Å². The number of carbonyl (C=O) groups is 1. The maximum atomic E-state index is 12.9. The average molecular weight is 421 g/mol. The maximum absolute atomic E-state index is 12.9. The third kappa shape index (κ3) is 4.00. The van der Waals surface area contributed by atoms with Crippen LogP contribution in [0.2, 0.25) is 5.02 Å². The van der Waals surface area contributed by atoms with Crippen molar-refractivity contribution >= 4 is 23.2 Å². The second-order valence-corrected chi connectivity index (χ2v) is 7.25. The van der Waals surface area contributed by atoms with E-state index in [1.54, 1.807) is 17.7 Å². The molecule has 0 radical (unpaired) electrons. The highest BCUT2D eigenvalue weighted by Gasteiger charge is 2.17. The number of amides is 1. The molecule has 0 aliphatic carbocycles. The minimum absolute atomic E-state index is 0.190. The molecule has 6 nitrogen and oxygen atoms in total. The molecule has 2 aromatic carbocycles. The van der Waals surface area contributed by atoms with Gasteiger partial charge in [-0.2, -0.15) is 5.10 Å². The molecule has 0 aliphatic heterocycles. The Morgan fingerprint density at radius 2 is 1.70 bits per heavy atom. The van der Waals surface area contributed by atoms with Gasteiger partial charge in [0.25, 0.3) is 5.91 Å². The van der Waals surface area contributed by atoms with E-state index in [1.165, 1.54) is 0 Å². The van der Waals surface area contributed by atoms with E-state index in [9.17, 15) is 4.79 Å². The van der Waals surface area contributed by atoms with Crippen molar-refractivity contribution in [1.29, 1.82) is 0 Å². The Labute approximate surface area is 179 Å². The van der Waals surface area contributed by atoms with Crippen molar-refractivity contribution in [1.82, 2.24) is 19.9 Å². The van der Waals surface area contributed by atoms with E-state index in [4.69, 9.17) is 21.3 Å². The molecule has 7 heteroatoms. The number of fused-ring (bicyclic) bond motifs is 1. The molecule has 0 bridgehead atoms. The summed E-state index contributed by atoms with van der Waals surface area (Å²) < 4.78 is 6.82. The lowest BCUT2D eigenvalue weighted by atomic mass is 10.1. The summed E-state index contributed by atoms with van der Waals surface area (Å²) in [7, 11) is 1.63. The SMILES string of the molecule is CCCNC(=O)c1cc(-c2ccc(OC)cc2)nc2cc(-c3ccc(Cl)cc3)nn12. The number of halogens is 1. The van der Waals surface area contributed by atoms with Gasteiger partial charge in [0, 0.05) is 28.8 Å². The molecule has 1 amide bonds. The summed E-state index contributed by atoms with van der Waals surface area (Å²) in [4.78, 5) is 17.6. The number of benzene rings is 2. The largest absolute Gasteiger partial charge is 0.497 e. The average Bonchev–Trinajstić information content (AvgIpc) is 3.21. The highest BCUT2D eigenvalue weighted by Crippen LogP contribution is 2.26. The van der Waals surface area contributed by atoms with Gasteiger partial charge in [-0.25, -0.2) is 9.50 Å². The Kier molecular flexibility index (Phi) is 5.68. The first-order chi connectivity index (χ1) is 14.6. The van der Waals surface area contributed by atoms with Crippen LogP contribution in [-0.4, -0.2) is 34.2 Å². The number of nitrogens with one attached hydrogen (secondary N) is 1. The monoisotopic (exact) mass is 420 g/mol. The van der Waals surface area contributed by atoms with Gasteiger partial charge in [0.2, 0.25) is 0 Å². The van der Waals surface area contributed by atoms with Crippen molar-refractivity contribution in [2.24, 2.45) is 0 Å². The molecule has 0 saturated heterocycles. The molecule has 4 rings (SSSR count). The highest BCUT2D eigenvalue weighted by atomic mass is 35.5. The number of ether oxygens (including phenoxy) is 1. The second kappa shape index (κ2) is 8.55. The van der Waals surface area contributed by atoms with Crippen molar-refractivity contribution in [2.45, 2.75) is 13.3 Å². The van der Waals surface area contributed by atoms with Crippen LogP contribution in [0.3, 0.4) is 0 Å². The number of hydrogen-bond donors (Lipinski definition) is 1. The Bertz CT molecular complexity index is 1180. The number of rotatable bonds is 6. The quantitative estimate of drug-likeness (QED) is 0.483. The molecule has 2 heterocycles. The number of methoxy groups -OCH3 is 1. The van der Waals surface area contributed by atoms with Crippen molar-refractivity contribution in [3.63, 3.8) is 0 Å². The maximum Gasteiger partial charge on any atom is 0.270 e. The summed E-state index contributed by atoms with van der Waals surface area (Å²) in [5, 5.41) is 8.22. The molecule has 2 aromatic heterocycles. The van der Waals surface area contributed by atoms with E-state index in [0.29, 0.717) is 28.6 Å². The van der Waals surface area contributed by atoms with Crippen LogP contribution in [0.5, 0.6) is 5.75 Å². The zero-order valence-corrected chi connectivity index (χ0v) is 17.5. The zero-order valence-electron chi connectivity index (χ0n) is 16.7. The van der Waals surface area contributed by atoms with Gasteiger partial charge in [0.15, 0.2) is 5.65 Å². The summed E-state index contributed by atoms with van der Waals surface area (Å²) in [6.07, 6.45) is 0.848. The Balaban J connectivity index is 1.84. The van der Waals surface area contributed by atoms with Crippen LogP contribution >= 0.6 is 11.6 Å². The summed E-state index contributed by atoms with van der Waals surface area (Å²) in [6, 6.07) is 18.6. The molecule has 0 fully saturated rings. The van der Waals surface area contributed by atoms with Gasteiger partial charge in [0.05, 0.1) is 18.5 Å². The van der Waals surface area contributed by atoms with E-state index in [1.807, 2.05) is 61.5 Å². The van der Waals surface area contributed by atoms with Crippen LogP contribution in [0.15, 0.2) is 60.7 Å². The van der Waals surface area contributed by atoms with E-state index in [2.05, 4.69) is 10.4 Å². The normalized spacial score (nSPS) is 10.9. The molecule has 0 unspecified atom stereocenters. The van der Waals surface area contributed by atoms with E-state index in [-0.39, 0.29) is 5.91 Å². The minimum Gasteiger partial charge on any atom is -0.497 e. The van der Waals surface area contributed by atoms with Gasteiger partial charge >= 0.3 is 0 Å². The first kappa shape index (κ1) is 19.9. The Morgan fingerprint density at radius 1 is 1.03 bits per heavy atom. The molecule has 0 saturated carbocycles. The smallest absolute Gasteiger partial charge is 0.270 e. The van der Waals surface area contributed by atoms with Gasteiger partial charge in [-0.3, -0.25) is 4.79 Å². The Hall–Kier alpha value is -3.38. The summed E-state index contributed by atoms with van der Waals surface area (Å²) in [5.41, 5.74) is 4.22. The van der Waals surface area contributed by atoms with Gasteiger partial charge in [0.1, 0.15) is 11.4 Å². The van der Waals surface area contributed by atoms with E-state index >= 15 is 0 Å². The first-order valence-electron chi connectivity index (χ1n) is 9.68. The third-order valence-corrected chi connectivity index (χ3v) is 4.97. The predicted molar refractivity (Wildman–Crippen MR) is 118 cm³/mol. The van der Waals surface area contributed by atoms with Crippen LogP contribution in [0.4, 0.5) is 0 Å². The lowest BCUT2D eigenvalue weighted by Crippen LogP contribution is -2.26. The second-order valence-electron chi connectivity index (χ2n) is 6.82. The van der Waals surface area contributed by atoms with Crippen LogP contribution < -0.4 is 10.1 Å². The molecule has 1 N–H and O–H groups in total. The number of carbonyl (C=O) groups excluding carboxylic acids is 1. The van der Waals surface area contributed by atoms with Crippen molar-refractivity contribution < 1.29 is 9.53 Å². The fourth-order valence-electron chi connectivity index (χ4n) is 3.14. The van der Waals surface area contributed by atoms with E-state index < -0.39 is 0 Å². The fourth-order valence-corrected chi connectivity index (χ4v) is 3.26. The topological polar surface area (TPSA) is 68.5 Å². The summed E-state index contributed by atoms with van der Waals surface area (Å²) >= 11 is 6.00. The fraction of sp³-hybridized carbons (Fsp3) is 0.174.